The number of carbonyl (C=O) groups excluding carboxylic acids is 2. The normalized spacial score (nSPS) is 19.4. The number of nitrogens with one attached hydrogen (secondary N) is 1. The highest BCUT2D eigenvalue weighted by molar-refractivity contribution is 5.95. The van der Waals surface area contributed by atoms with Gasteiger partial charge in [0.15, 0.2) is 6.10 Å². The third-order valence-corrected chi connectivity index (χ3v) is 6.61. The number of carbonyl (C=O) groups is 2. The number of unbranched alkanes of at least 4 members (excludes halogenated alkanes) is 1. The Kier molecular flexibility index (Phi) is 7.94. The Morgan fingerprint density at radius 2 is 1.81 bits per heavy atom. The minimum absolute atomic E-state index is 0.142. The first kappa shape index (κ1) is 23.8. The molecule has 1 unspecified atom stereocenters. The summed E-state index contributed by atoms with van der Waals surface area (Å²) in [5.41, 5.74) is 1.20. The summed E-state index contributed by atoms with van der Waals surface area (Å²) in [5.74, 6) is -0.251. The topological polar surface area (TPSA) is 82.3 Å². The summed E-state index contributed by atoms with van der Waals surface area (Å²) < 4.78 is 8.67. The predicted octanol–water partition coefficient (Wildman–Crippen LogP) is 4.35. The van der Waals surface area contributed by atoms with Crippen LogP contribution >= 0.6 is 0 Å². The Hall–Kier alpha value is -2.83. The molecular weight excluding hydrogens is 406 g/mol. The molecular formula is C25H35N3O4. The molecule has 1 aromatic heterocycles. The Morgan fingerprint density at radius 1 is 1.16 bits per heavy atom. The molecule has 1 fully saturated rings. The van der Waals surface area contributed by atoms with Gasteiger partial charge in [-0.1, -0.05) is 44.4 Å². The summed E-state index contributed by atoms with van der Waals surface area (Å²) in [6.45, 7) is 5.52. The first-order chi connectivity index (χ1) is 15.3. The molecule has 0 spiro atoms. The number of esters is 1. The van der Waals surface area contributed by atoms with Gasteiger partial charge < -0.3 is 10.1 Å². The first-order valence-corrected chi connectivity index (χ1v) is 11.7. The molecule has 2 aromatic rings. The van der Waals surface area contributed by atoms with Crippen molar-refractivity contribution in [2.24, 2.45) is 18.9 Å². The molecule has 32 heavy (non-hydrogen) atoms. The molecule has 7 nitrogen and oxygen atoms in total. The van der Waals surface area contributed by atoms with Gasteiger partial charge in [0, 0.05) is 7.05 Å². The van der Waals surface area contributed by atoms with Gasteiger partial charge in [-0.3, -0.25) is 19.1 Å². The lowest BCUT2D eigenvalue weighted by molar-refractivity contribution is -0.158. The molecule has 1 aliphatic rings. The van der Waals surface area contributed by atoms with E-state index < -0.39 is 12.0 Å². The van der Waals surface area contributed by atoms with Crippen LogP contribution in [0.25, 0.3) is 5.69 Å². The molecule has 1 aliphatic carbocycles. The number of rotatable bonds is 8. The fourth-order valence-corrected chi connectivity index (χ4v) is 4.44. The van der Waals surface area contributed by atoms with Gasteiger partial charge in [0.1, 0.15) is 5.69 Å². The van der Waals surface area contributed by atoms with Crippen molar-refractivity contribution in [1.82, 2.24) is 9.36 Å². The van der Waals surface area contributed by atoms with Crippen molar-refractivity contribution >= 4 is 17.6 Å². The molecule has 1 atom stereocenters. The Bertz CT molecular complexity index is 985. The molecule has 0 saturated heterocycles. The number of hydrogen-bond donors (Lipinski definition) is 1. The number of benzene rings is 1. The number of amides is 1. The van der Waals surface area contributed by atoms with Crippen LogP contribution in [0.4, 0.5) is 5.69 Å². The van der Waals surface area contributed by atoms with Crippen LogP contribution in [0.1, 0.15) is 64.5 Å². The second-order valence-electron chi connectivity index (χ2n) is 8.86. The molecule has 1 saturated carbocycles. The summed E-state index contributed by atoms with van der Waals surface area (Å²) >= 11 is 0. The van der Waals surface area contributed by atoms with Gasteiger partial charge in [0.2, 0.25) is 0 Å². The van der Waals surface area contributed by atoms with Crippen LogP contribution in [0.3, 0.4) is 0 Å². The van der Waals surface area contributed by atoms with Crippen molar-refractivity contribution in [3.8, 4) is 5.69 Å². The Labute approximate surface area is 189 Å². The predicted molar refractivity (Wildman–Crippen MR) is 125 cm³/mol. The number of anilines is 1. The molecule has 174 valence electrons. The van der Waals surface area contributed by atoms with E-state index in [0.717, 1.165) is 25.7 Å². The van der Waals surface area contributed by atoms with Crippen molar-refractivity contribution in [2.45, 2.75) is 71.8 Å². The highest BCUT2D eigenvalue weighted by atomic mass is 16.5. The van der Waals surface area contributed by atoms with Gasteiger partial charge >= 0.3 is 5.97 Å². The molecule has 0 aliphatic heterocycles. The first-order valence-electron chi connectivity index (χ1n) is 11.7. The van der Waals surface area contributed by atoms with Gasteiger partial charge in [0.05, 0.1) is 17.3 Å². The molecule has 0 radical (unpaired) electrons. The second-order valence-corrected chi connectivity index (χ2v) is 8.86. The minimum atomic E-state index is -0.968. The van der Waals surface area contributed by atoms with Gasteiger partial charge in [0.25, 0.3) is 11.5 Å². The van der Waals surface area contributed by atoms with Gasteiger partial charge in [-0.2, -0.15) is 0 Å². The summed E-state index contributed by atoms with van der Waals surface area (Å²) in [7, 11) is 1.76. The number of nitrogens with zero attached hydrogens (tertiary/aromatic N) is 2. The number of ether oxygens (including phenoxy) is 1. The Balaban J connectivity index is 1.61. The monoisotopic (exact) mass is 441 g/mol. The molecule has 7 heteroatoms. The van der Waals surface area contributed by atoms with Crippen LogP contribution in [0, 0.1) is 18.8 Å². The van der Waals surface area contributed by atoms with E-state index in [0.29, 0.717) is 17.3 Å². The van der Waals surface area contributed by atoms with E-state index >= 15 is 0 Å². The van der Waals surface area contributed by atoms with Crippen molar-refractivity contribution in [3.63, 3.8) is 0 Å². The van der Waals surface area contributed by atoms with Crippen LogP contribution in [0.15, 0.2) is 35.1 Å². The third kappa shape index (κ3) is 5.31. The van der Waals surface area contributed by atoms with Crippen LogP contribution in [-0.4, -0.2) is 27.3 Å². The standard InChI is InChI=1S/C25H35N3O4/c1-5-6-10-19-13-15-20(16-14-19)25(31)32-18(3)23(29)26-22-17(2)27(4)28(24(22)30)21-11-8-7-9-12-21/h7-9,11-12,18-20H,5-6,10,13-16H2,1-4H3,(H,26,29). The lowest BCUT2D eigenvalue weighted by Gasteiger charge is -2.27. The highest BCUT2D eigenvalue weighted by Gasteiger charge is 2.30. The van der Waals surface area contributed by atoms with E-state index in [1.807, 2.05) is 30.3 Å². The SMILES string of the molecule is CCCCC1CCC(C(=O)OC(C)C(=O)Nc2c(C)n(C)n(-c3ccccc3)c2=O)CC1. The number of para-hydroxylation sites is 1. The van der Waals surface area contributed by atoms with Crippen molar-refractivity contribution in [3.05, 3.63) is 46.4 Å². The van der Waals surface area contributed by atoms with Crippen LogP contribution in [0.5, 0.6) is 0 Å². The second kappa shape index (κ2) is 10.7. The highest BCUT2D eigenvalue weighted by Crippen LogP contribution is 2.32. The summed E-state index contributed by atoms with van der Waals surface area (Å²) in [6.07, 6.45) is 6.43. The molecule has 0 bridgehead atoms. The smallest absolute Gasteiger partial charge is 0.309 e. The van der Waals surface area contributed by atoms with Gasteiger partial charge in [-0.25, -0.2) is 4.68 Å². The summed E-state index contributed by atoms with van der Waals surface area (Å²) in [4.78, 5) is 38.3. The maximum Gasteiger partial charge on any atom is 0.309 e. The Morgan fingerprint density at radius 3 is 2.44 bits per heavy atom. The fourth-order valence-electron chi connectivity index (χ4n) is 4.44. The fraction of sp³-hybridized carbons (Fsp3) is 0.560. The zero-order valence-corrected chi connectivity index (χ0v) is 19.6. The summed E-state index contributed by atoms with van der Waals surface area (Å²) in [5, 5.41) is 2.68. The molecule has 3 rings (SSSR count). The minimum Gasteiger partial charge on any atom is -0.452 e. The van der Waals surface area contributed by atoms with Gasteiger partial charge in [-0.05, 0) is 57.6 Å². The number of aromatic nitrogens is 2. The van der Waals surface area contributed by atoms with E-state index in [2.05, 4.69) is 12.2 Å². The quantitative estimate of drug-likeness (QED) is 0.618. The molecule has 1 N–H and O–H groups in total. The molecule has 1 aromatic carbocycles. The zero-order valence-electron chi connectivity index (χ0n) is 19.6. The van der Waals surface area contributed by atoms with Gasteiger partial charge in [-0.15, -0.1) is 0 Å². The van der Waals surface area contributed by atoms with Crippen LogP contribution in [-0.2, 0) is 21.4 Å². The zero-order chi connectivity index (χ0) is 23.3. The third-order valence-electron chi connectivity index (χ3n) is 6.61. The summed E-state index contributed by atoms with van der Waals surface area (Å²) in [6, 6.07) is 9.23. The largest absolute Gasteiger partial charge is 0.452 e. The average molecular weight is 442 g/mol. The van der Waals surface area contributed by atoms with E-state index in [1.165, 1.54) is 23.9 Å². The van der Waals surface area contributed by atoms with Crippen molar-refractivity contribution in [1.29, 1.82) is 0 Å². The van der Waals surface area contributed by atoms with E-state index in [4.69, 9.17) is 4.74 Å². The van der Waals surface area contributed by atoms with E-state index in [1.54, 1.807) is 25.6 Å². The average Bonchev–Trinajstić information content (AvgIpc) is 3.01. The van der Waals surface area contributed by atoms with Crippen molar-refractivity contribution in [2.75, 3.05) is 5.32 Å². The molecule has 1 heterocycles. The van der Waals surface area contributed by atoms with Crippen molar-refractivity contribution < 1.29 is 14.3 Å². The maximum absolute atomic E-state index is 13.0. The number of hydrogen-bond acceptors (Lipinski definition) is 4. The lowest BCUT2D eigenvalue weighted by atomic mass is 9.80. The van der Waals surface area contributed by atoms with E-state index in [-0.39, 0.29) is 23.1 Å². The molecule has 1 amide bonds. The lowest BCUT2D eigenvalue weighted by Crippen LogP contribution is -2.34. The van der Waals surface area contributed by atoms with E-state index in [9.17, 15) is 14.4 Å². The van der Waals surface area contributed by atoms with Crippen LogP contribution in [0.2, 0.25) is 0 Å². The van der Waals surface area contributed by atoms with Crippen LogP contribution < -0.4 is 10.9 Å². The maximum atomic E-state index is 13.0.